The number of ketones is 1. The van der Waals surface area contributed by atoms with Gasteiger partial charge in [0.05, 0.1) is 38.6 Å². The van der Waals surface area contributed by atoms with E-state index in [0.29, 0.717) is 33.0 Å². The van der Waals surface area contributed by atoms with Crippen LogP contribution in [0.4, 0.5) is 0 Å². The SMILES string of the molecule is COCCOCCn1c2ccccc2c2cc(C(=O)C(C)(C)N3CCOCC3)ccc21. The number of nitrogens with zero attached hydrogens (tertiary/aromatic N) is 2. The fraction of sp³-hybridized carbons (Fsp3) is 0.480. The lowest BCUT2D eigenvalue weighted by molar-refractivity contribution is -0.00429. The van der Waals surface area contributed by atoms with Gasteiger partial charge in [-0.2, -0.15) is 0 Å². The molecule has 3 aromatic rings. The Hall–Kier alpha value is -2.25. The first-order valence-corrected chi connectivity index (χ1v) is 11.0. The third kappa shape index (κ3) is 4.39. The second kappa shape index (κ2) is 9.49. The van der Waals surface area contributed by atoms with Crippen LogP contribution in [-0.4, -0.2) is 74.0 Å². The highest BCUT2D eigenvalue weighted by atomic mass is 16.5. The highest BCUT2D eigenvalue weighted by Gasteiger charge is 2.36. The van der Waals surface area contributed by atoms with Crippen LogP contribution in [0.2, 0.25) is 0 Å². The first-order valence-electron chi connectivity index (χ1n) is 11.0. The molecule has 31 heavy (non-hydrogen) atoms. The van der Waals surface area contributed by atoms with Crippen molar-refractivity contribution in [1.29, 1.82) is 0 Å². The van der Waals surface area contributed by atoms with Gasteiger partial charge in [0, 0.05) is 54.1 Å². The normalized spacial score (nSPS) is 15.7. The van der Waals surface area contributed by atoms with Crippen LogP contribution in [0.15, 0.2) is 42.5 Å². The molecule has 1 aromatic heterocycles. The summed E-state index contributed by atoms with van der Waals surface area (Å²) in [5.41, 5.74) is 2.47. The molecule has 6 heteroatoms. The summed E-state index contributed by atoms with van der Waals surface area (Å²) in [6.45, 7) is 9.50. The molecule has 4 rings (SSSR count). The van der Waals surface area contributed by atoms with Crippen LogP contribution < -0.4 is 0 Å². The number of fused-ring (bicyclic) bond motifs is 3. The molecule has 1 saturated heterocycles. The lowest BCUT2D eigenvalue weighted by atomic mass is 9.90. The van der Waals surface area contributed by atoms with E-state index in [0.717, 1.165) is 47.0 Å². The predicted molar refractivity (Wildman–Crippen MR) is 123 cm³/mol. The number of para-hydroxylation sites is 1. The van der Waals surface area contributed by atoms with Crippen LogP contribution in [0.3, 0.4) is 0 Å². The largest absolute Gasteiger partial charge is 0.382 e. The number of morpholine rings is 1. The summed E-state index contributed by atoms with van der Waals surface area (Å²) in [6, 6.07) is 14.5. The number of methoxy groups -OCH3 is 1. The summed E-state index contributed by atoms with van der Waals surface area (Å²) in [5.74, 6) is 0.149. The van der Waals surface area contributed by atoms with Crippen LogP contribution in [0, 0.1) is 0 Å². The van der Waals surface area contributed by atoms with E-state index in [1.165, 1.54) is 0 Å². The molecule has 0 bridgehead atoms. The highest BCUT2D eigenvalue weighted by molar-refractivity contribution is 6.12. The Kier molecular flexibility index (Phi) is 6.72. The summed E-state index contributed by atoms with van der Waals surface area (Å²) >= 11 is 0. The topological polar surface area (TPSA) is 52.9 Å². The van der Waals surface area contributed by atoms with Crippen molar-refractivity contribution in [1.82, 2.24) is 9.47 Å². The zero-order chi connectivity index (χ0) is 21.8. The molecule has 0 N–H and O–H groups in total. The summed E-state index contributed by atoms with van der Waals surface area (Å²) in [5, 5.41) is 2.27. The van der Waals surface area contributed by atoms with Crippen molar-refractivity contribution in [2.75, 3.05) is 53.2 Å². The molecule has 6 nitrogen and oxygen atoms in total. The molecule has 166 valence electrons. The van der Waals surface area contributed by atoms with Gasteiger partial charge in [-0.25, -0.2) is 0 Å². The average molecular weight is 425 g/mol. The Labute approximate surface area is 183 Å². The number of carbonyl (C=O) groups is 1. The molecule has 0 spiro atoms. The van der Waals surface area contributed by atoms with E-state index >= 15 is 0 Å². The van der Waals surface area contributed by atoms with Crippen molar-refractivity contribution in [2.24, 2.45) is 0 Å². The van der Waals surface area contributed by atoms with E-state index in [-0.39, 0.29) is 5.78 Å². The van der Waals surface area contributed by atoms with Crippen LogP contribution in [0.1, 0.15) is 24.2 Å². The predicted octanol–water partition coefficient (Wildman–Crippen LogP) is 3.75. The number of hydrogen-bond acceptors (Lipinski definition) is 5. The summed E-state index contributed by atoms with van der Waals surface area (Å²) in [7, 11) is 1.68. The number of ether oxygens (including phenoxy) is 3. The highest BCUT2D eigenvalue weighted by Crippen LogP contribution is 2.31. The van der Waals surface area contributed by atoms with Gasteiger partial charge >= 0.3 is 0 Å². The molecule has 1 aliphatic heterocycles. The fourth-order valence-corrected chi connectivity index (χ4v) is 4.46. The van der Waals surface area contributed by atoms with Gasteiger partial charge in [0.2, 0.25) is 0 Å². The smallest absolute Gasteiger partial charge is 0.182 e. The molecule has 0 saturated carbocycles. The first-order chi connectivity index (χ1) is 15.0. The van der Waals surface area contributed by atoms with Gasteiger partial charge in [0.15, 0.2) is 5.78 Å². The van der Waals surface area contributed by atoms with Crippen molar-refractivity contribution < 1.29 is 19.0 Å². The van der Waals surface area contributed by atoms with Gasteiger partial charge in [-0.15, -0.1) is 0 Å². The molecule has 2 heterocycles. The molecular formula is C25H32N2O4. The monoisotopic (exact) mass is 424 g/mol. The van der Waals surface area contributed by atoms with Crippen molar-refractivity contribution in [3.8, 4) is 0 Å². The van der Waals surface area contributed by atoms with Gasteiger partial charge in [0.25, 0.3) is 0 Å². The molecule has 0 atom stereocenters. The van der Waals surface area contributed by atoms with Crippen molar-refractivity contribution in [3.63, 3.8) is 0 Å². The number of carbonyl (C=O) groups excluding carboxylic acids is 1. The number of Topliss-reactive ketones (excluding diaryl/α,β-unsaturated/α-hetero) is 1. The lowest BCUT2D eigenvalue weighted by Gasteiger charge is -2.39. The zero-order valence-corrected chi connectivity index (χ0v) is 18.7. The molecule has 0 amide bonds. The van der Waals surface area contributed by atoms with Crippen molar-refractivity contribution in [3.05, 3.63) is 48.0 Å². The van der Waals surface area contributed by atoms with E-state index < -0.39 is 5.54 Å². The van der Waals surface area contributed by atoms with Gasteiger partial charge in [-0.3, -0.25) is 9.69 Å². The van der Waals surface area contributed by atoms with Gasteiger partial charge in [-0.1, -0.05) is 18.2 Å². The molecule has 1 aliphatic rings. The van der Waals surface area contributed by atoms with Crippen molar-refractivity contribution in [2.45, 2.75) is 25.9 Å². The average Bonchev–Trinajstić information content (AvgIpc) is 3.12. The number of benzene rings is 2. The standard InChI is InChI=1S/C25H32N2O4/c1-25(2,26-10-13-30-14-11-26)24(28)19-8-9-23-21(18-19)20-6-4-5-7-22(20)27(23)12-15-31-17-16-29-3/h4-9,18H,10-17H2,1-3H3. The Bertz CT molecular complexity index is 1050. The third-order valence-electron chi connectivity index (χ3n) is 6.28. The molecule has 0 aliphatic carbocycles. The van der Waals surface area contributed by atoms with E-state index in [1.54, 1.807) is 7.11 Å². The summed E-state index contributed by atoms with van der Waals surface area (Å²) < 4.78 is 18.5. The maximum absolute atomic E-state index is 13.5. The van der Waals surface area contributed by atoms with E-state index in [9.17, 15) is 4.79 Å². The van der Waals surface area contributed by atoms with Crippen molar-refractivity contribution >= 4 is 27.6 Å². The molecule has 1 fully saturated rings. The van der Waals surface area contributed by atoms with Gasteiger partial charge in [-0.05, 0) is 38.1 Å². The van der Waals surface area contributed by atoms with E-state index in [4.69, 9.17) is 14.2 Å². The van der Waals surface area contributed by atoms with E-state index in [2.05, 4.69) is 39.8 Å². The fourth-order valence-electron chi connectivity index (χ4n) is 4.46. The third-order valence-corrected chi connectivity index (χ3v) is 6.28. The molecular weight excluding hydrogens is 392 g/mol. The Balaban J connectivity index is 1.66. The van der Waals surface area contributed by atoms with Crippen LogP contribution >= 0.6 is 0 Å². The minimum Gasteiger partial charge on any atom is -0.382 e. The first kappa shape index (κ1) is 22.0. The number of aromatic nitrogens is 1. The van der Waals surface area contributed by atoms with Crippen LogP contribution in [0.5, 0.6) is 0 Å². The molecule has 0 unspecified atom stereocenters. The Morgan fingerprint density at radius 3 is 2.52 bits per heavy atom. The lowest BCUT2D eigenvalue weighted by Crippen LogP contribution is -2.54. The minimum atomic E-state index is -0.564. The molecule has 2 aromatic carbocycles. The quantitative estimate of drug-likeness (QED) is 0.387. The molecule has 0 radical (unpaired) electrons. The maximum atomic E-state index is 13.5. The Morgan fingerprint density at radius 2 is 1.74 bits per heavy atom. The second-order valence-electron chi connectivity index (χ2n) is 8.49. The number of hydrogen-bond donors (Lipinski definition) is 0. The maximum Gasteiger partial charge on any atom is 0.182 e. The summed E-state index contributed by atoms with van der Waals surface area (Å²) in [4.78, 5) is 15.7. The van der Waals surface area contributed by atoms with Gasteiger partial charge < -0.3 is 18.8 Å². The van der Waals surface area contributed by atoms with Crippen LogP contribution in [0.25, 0.3) is 21.8 Å². The second-order valence-corrected chi connectivity index (χ2v) is 8.49. The summed E-state index contributed by atoms with van der Waals surface area (Å²) in [6.07, 6.45) is 0. The zero-order valence-electron chi connectivity index (χ0n) is 18.7. The number of rotatable bonds is 9. The van der Waals surface area contributed by atoms with E-state index in [1.807, 2.05) is 26.0 Å². The van der Waals surface area contributed by atoms with Gasteiger partial charge in [0.1, 0.15) is 0 Å². The van der Waals surface area contributed by atoms with Crippen LogP contribution in [-0.2, 0) is 20.8 Å². The Morgan fingerprint density at radius 1 is 1.00 bits per heavy atom. The minimum absolute atomic E-state index is 0.149.